The smallest absolute Gasteiger partial charge is 0.226 e. The number of halogens is 1. The average molecular weight is 324 g/mol. The molecule has 6 heteroatoms. The van der Waals surface area contributed by atoms with Crippen molar-refractivity contribution in [2.24, 2.45) is 0 Å². The highest BCUT2D eigenvalue weighted by atomic mass is 19.1. The largest absolute Gasteiger partial charge is 0.444 e. The third-order valence-corrected chi connectivity index (χ3v) is 4.15. The third-order valence-electron chi connectivity index (χ3n) is 4.15. The lowest BCUT2D eigenvalue weighted by atomic mass is 10.2. The van der Waals surface area contributed by atoms with Crippen molar-refractivity contribution in [1.29, 1.82) is 0 Å². The topological polar surface area (TPSA) is 45.4 Å². The highest BCUT2D eigenvalue weighted by molar-refractivity contribution is 5.69. The van der Waals surface area contributed by atoms with Crippen LogP contribution in [0.1, 0.15) is 5.69 Å². The number of fused-ring (bicyclic) bond motifs is 1. The molecule has 0 saturated heterocycles. The predicted molar refractivity (Wildman–Crippen MR) is 90.5 cm³/mol. The van der Waals surface area contributed by atoms with Gasteiger partial charge in [-0.25, -0.2) is 14.4 Å². The maximum atomic E-state index is 13.3. The van der Waals surface area contributed by atoms with Crippen LogP contribution < -0.4 is 9.80 Å². The molecule has 0 N–H and O–H groups in total. The quantitative estimate of drug-likeness (QED) is 0.739. The van der Waals surface area contributed by atoms with E-state index in [4.69, 9.17) is 4.42 Å². The molecular formula is C18H17FN4O. The Balaban J connectivity index is 1.58. The lowest BCUT2D eigenvalue weighted by molar-refractivity contribution is 0.569. The van der Waals surface area contributed by atoms with E-state index in [9.17, 15) is 4.39 Å². The van der Waals surface area contributed by atoms with Gasteiger partial charge in [-0.2, -0.15) is 0 Å². The predicted octanol–water partition coefficient (Wildman–Crippen LogP) is 3.33. The van der Waals surface area contributed by atoms with Crippen LogP contribution in [0, 0.1) is 5.82 Å². The Morgan fingerprint density at radius 3 is 3.00 bits per heavy atom. The van der Waals surface area contributed by atoms with Crippen molar-refractivity contribution in [1.82, 2.24) is 9.97 Å². The van der Waals surface area contributed by atoms with E-state index >= 15 is 0 Å². The molecule has 2 aromatic heterocycles. The monoisotopic (exact) mass is 324 g/mol. The minimum absolute atomic E-state index is 0.300. The van der Waals surface area contributed by atoms with E-state index in [1.807, 2.05) is 13.1 Å². The van der Waals surface area contributed by atoms with Crippen molar-refractivity contribution < 1.29 is 8.81 Å². The van der Waals surface area contributed by atoms with Gasteiger partial charge < -0.3 is 14.2 Å². The number of likely N-dealkylation sites (N-methyl/N-ethyl adjacent to an activating group) is 1. The molecule has 5 nitrogen and oxygen atoms in total. The molecule has 4 rings (SSSR count). The van der Waals surface area contributed by atoms with Crippen LogP contribution in [0.3, 0.4) is 0 Å². The minimum atomic E-state index is -0.300. The van der Waals surface area contributed by atoms with Gasteiger partial charge >= 0.3 is 0 Å². The van der Waals surface area contributed by atoms with E-state index in [2.05, 4.69) is 25.8 Å². The van der Waals surface area contributed by atoms with E-state index in [0.29, 0.717) is 18.0 Å². The maximum Gasteiger partial charge on any atom is 0.226 e. The highest BCUT2D eigenvalue weighted by Crippen LogP contribution is 2.31. The number of hydrogen-bond acceptors (Lipinski definition) is 5. The van der Waals surface area contributed by atoms with Crippen molar-refractivity contribution in [2.45, 2.75) is 6.54 Å². The van der Waals surface area contributed by atoms with Gasteiger partial charge in [-0.1, -0.05) is 6.07 Å². The van der Waals surface area contributed by atoms with Gasteiger partial charge in [-0.3, -0.25) is 0 Å². The normalized spacial score (nSPS) is 13.9. The highest BCUT2D eigenvalue weighted by Gasteiger charge is 2.22. The Bertz CT molecular complexity index is 863. The molecule has 3 heterocycles. The minimum Gasteiger partial charge on any atom is -0.444 e. The first kappa shape index (κ1) is 14.7. The van der Waals surface area contributed by atoms with Gasteiger partial charge in [0.1, 0.15) is 12.1 Å². The number of anilines is 2. The maximum absolute atomic E-state index is 13.3. The van der Waals surface area contributed by atoms with Gasteiger partial charge in [0, 0.05) is 31.9 Å². The van der Waals surface area contributed by atoms with E-state index in [0.717, 1.165) is 30.3 Å². The SMILES string of the molecule is CN1CCN(Cc2coc(-c3cccc(F)c3)n2)c2cccnc21. The van der Waals surface area contributed by atoms with Gasteiger partial charge in [0.2, 0.25) is 5.89 Å². The van der Waals surface area contributed by atoms with E-state index in [1.54, 1.807) is 24.6 Å². The summed E-state index contributed by atoms with van der Waals surface area (Å²) in [5.41, 5.74) is 2.54. The van der Waals surface area contributed by atoms with Crippen LogP contribution in [0.5, 0.6) is 0 Å². The van der Waals surface area contributed by atoms with Gasteiger partial charge in [0.25, 0.3) is 0 Å². The fraction of sp³-hybridized carbons (Fsp3) is 0.222. The number of hydrogen-bond donors (Lipinski definition) is 0. The van der Waals surface area contributed by atoms with E-state index in [1.165, 1.54) is 12.1 Å². The Morgan fingerprint density at radius 2 is 2.12 bits per heavy atom. The summed E-state index contributed by atoms with van der Waals surface area (Å²) in [4.78, 5) is 13.3. The van der Waals surface area contributed by atoms with Crippen molar-refractivity contribution in [3.05, 3.63) is 60.4 Å². The zero-order chi connectivity index (χ0) is 16.5. The molecule has 0 saturated carbocycles. The summed E-state index contributed by atoms with van der Waals surface area (Å²) in [5.74, 6) is 1.11. The van der Waals surface area contributed by atoms with Crippen LogP contribution >= 0.6 is 0 Å². The number of oxazole rings is 1. The molecule has 0 atom stereocenters. The fourth-order valence-electron chi connectivity index (χ4n) is 2.92. The lowest BCUT2D eigenvalue weighted by Gasteiger charge is -2.35. The van der Waals surface area contributed by atoms with Crippen LogP contribution in [-0.2, 0) is 6.54 Å². The van der Waals surface area contributed by atoms with Crippen LogP contribution in [-0.4, -0.2) is 30.1 Å². The lowest BCUT2D eigenvalue weighted by Crippen LogP contribution is -2.39. The summed E-state index contributed by atoms with van der Waals surface area (Å²) < 4.78 is 18.9. The standard InChI is InChI=1S/C18H17FN4O/c1-22-8-9-23(16-6-3-7-20-17(16)22)11-15-12-24-18(21-15)13-4-2-5-14(19)10-13/h2-7,10,12H,8-9,11H2,1H3. The first-order valence-electron chi connectivity index (χ1n) is 7.82. The molecule has 24 heavy (non-hydrogen) atoms. The average Bonchev–Trinajstić information content (AvgIpc) is 3.06. The molecule has 0 fully saturated rings. The van der Waals surface area contributed by atoms with Crippen LogP contribution in [0.2, 0.25) is 0 Å². The van der Waals surface area contributed by atoms with Crippen LogP contribution in [0.25, 0.3) is 11.5 Å². The second-order valence-corrected chi connectivity index (χ2v) is 5.84. The number of aromatic nitrogens is 2. The summed E-state index contributed by atoms with van der Waals surface area (Å²) in [6.07, 6.45) is 3.44. The molecule has 1 aromatic carbocycles. The van der Waals surface area contributed by atoms with E-state index < -0.39 is 0 Å². The van der Waals surface area contributed by atoms with Crippen molar-refractivity contribution in [2.75, 3.05) is 29.9 Å². The molecule has 0 aliphatic carbocycles. The van der Waals surface area contributed by atoms with Crippen LogP contribution in [0.4, 0.5) is 15.9 Å². The van der Waals surface area contributed by atoms with Crippen molar-refractivity contribution in [3.63, 3.8) is 0 Å². The fourth-order valence-corrected chi connectivity index (χ4v) is 2.92. The van der Waals surface area contributed by atoms with Crippen molar-refractivity contribution >= 4 is 11.5 Å². The summed E-state index contributed by atoms with van der Waals surface area (Å²) in [6, 6.07) is 10.3. The number of benzene rings is 1. The summed E-state index contributed by atoms with van der Waals surface area (Å²) in [5, 5.41) is 0. The molecule has 0 radical (unpaired) electrons. The Morgan fingerprint density at radius 1 is 1.21 bits per heavy atom. The number of nitrogens with zero attached hydrogens (tertiary/aromatic N) is 4. The van der Waals surface area contributed by atoms with Crippen LogP contribution in [0.15, 0.2) is 53.3 Å². The third kappa shape index (κ3) is 2.71. The summed E-state index contributed by atoms with van der Waals surface area (Å²) >= 11 is 0. The van der Waals surface area contributed by atoms with Gasteiger partial charge in [0.15, 0.2) is 5.82 Å². The molecule has 1 aliphatic rings. The Hall–Kier alpha value is -2.89. The Kier molecular flexibility index (Phi) is 3.65. The number of rotatable bonds is 3. The zero-order valence-corrected chi connectivity index (χ0v) is 13.3. The van der Waals surface area contributed by atoms with Gasteiger partial charge in [-0.05, 0) is 30.3 Å². The second kappa shape index (κ2) is 5.96. The molecule has 3 aromatic rings. The Labute approximate surface area is 139 Å². The van der Waals surface area contributed by atoms with E-state index in [-0.39, 0.29) is 5.82 Å². The zero-order valence-electron chi connectivity index (χ0n) is 13.3. The van der Waals surface area contributed by atoms with Gasteiger partial charge in [0.05, 0.1) is 17.9 Å². The van der Waals surface area contributed by atoms with Crippen molar-refractivity contribution in [3.8, 4) is 11.5 Å². The molecule has 0 amide bonds. The summed E-state index contributed by atoms with van der Waals surface area (Å²) in [7, 11) is 2.04. The molecule has 122 valence electrons. The van der Waals surface area contributed by atoms with Gasteiger partial charge in [-0.15, -0.1) is 0 Å². The molecule has 1 aliphatic heterocycles. The summed E-state index contributed by atoms with van der Waals surface area (Å²) in [6.45, 7) is 2.42. The molecule has 0 bridgehead atoms. The number of pyridine rings is 1. The molecular weight excluding hydrogens is 307 g/mol. The molecule has 0 unspecified atom stereocenters. The second-order valence-electron chi connectivity index (χ2n) is 5.84. The first-order valence-corrected chi connectivity index (χ1v) is 7.82. The molecule has 0 spiro atoms. The first-order chi connectivity index (χ1) is 11.7.